The molecule has 0 unspecified atom stereocenters. The minimum Gasteiger partial charge on any atom is -0.345 e. The first kappa shape index (κ1) is 26.4. The zero-order valence-corrected chi connectivity index (χ0v) is 24.2. The minimum atomic E-state index is -0.00913. The van der Waals surface area contributed by atoms with Crippen LogP contribution in [0.2, 0.25) is 0 Å². The molecule has 7 nitrogen and oxygen atoms in total. The predicted molar refractivity (Wildman–Crippen MR) is 162 cm³/mol. The Kier molecular flexibility index (Phi) is 6.78. The monoisotopic (exact) mass is 534 g/mol. The lowest BCUT2D eigenvalue weighted by atomic mass is 9.89. The van der Waals surface area contributed by atoms with Gasteiger partial charge in [-0.25, -0.2) is 9.97 Å². The summed E-state index contributed by atoms with van der Waals surface area (Å²) in [5.74, 6) is -0.00913. The summed E-state index contributed by atoms with van der Waals surface area (Å²) in [5.41, 5.74) is 12.1. The molecule has 2 aliphatic heterocycles. The average Bonchev–Trinajstić information content (AvgIpc) is 3.53. The molecule has 0 aliphatic carbocycles. The maximum atomic E-state index is 12.3. The number of nitrogens with zero attached hydrogens (tertiary/aromatic N) is 5. The van der Waals surface area contributed by atoms with Gasteiger partial charge in [-0.1, -0.05) is 26.0 Å². The van der Waals surface area contributed by atoms with Crippen molar-refractivity contribution in [3.05, 3.63) is 71.0 Å². The van der Waals surface area contributed by atoms with Crippen molar-refractivity contribution < 1.29 is 4.79 Å². The van der Waals surface area contributed by atoms with E-state index in [9.17, 15) is 4.79 Å². The Morgan fingerprint density at radius 3 is 2.65 bits per heavy atom. The molecule has 1 amide bonds. The number of fused-ring (bicyclic) bond motifs is 2. The van der Waals surface area contributed by atoms with E-state index in [-0.39, 0.29) is 5.91 Å². The van der Waals surface area contributed by atoms with Crippen LogP contribution in [0, 0.1) is 12.3 Å². The van der Waals surface area contributed by atoms with Gasteiger partial charge in [0.25, 0.3) is 5.91 Å². The van der Waals surface area contributed by atoms with Crippen LogP contribution in [0.4, 0.5) is 0 Å². The average molecular weight is 535 g/mol. The van der Waals surface area contributed by atoms with Crippen LogP contribution < -0.4 is 0 Å². The Balaban J connectivity index is 1.24. The summed E-state index contributed by atoms with van der Waals surface area (Å²) in [6.07, 6.45) is 7.09. The van der Waals surface area contributed by atoms with Crippen LogP contribution in [0.5, 0.6) is 0 Å². The van der Waals surface area contributed by atoms with Crippen LogP contribution >= 0.6 is 0 Å². The summed E-state index contributed by atoms with van der Waals surface area (Å²) in [5, 5.41) is 0. The van der Waals surface area contributed by atoms with E-state index in [2.05, 4.69) is 42.8 Å². The van der Waals surface area contributed by atoms with Gasteiger partial charge in [0.15, 0.2) is 5.65 Å². The lowest BCUT2D eigenvalue weighted by molar-refractivity contribution is 0.0827. The number of rotatable bonds is 6. The summed E-state index contributed by atoms with van der Waals surface area (Å²) in [6, 6.07) is 12.3. The second-order valence-corrected chi connectivity index (χ2v) is 12.4. The Bertz CT molecular complexity index is 1610. The first-order valence-electron chi connectivity index (χ1n) is 14.2. The summed E-state index contributed by atoms with van der Waals surface area (Å²) < 4.78 is 0. The van der Waals surface area contributed by atoms with Crippen molar-refractivity contribution in [2.24, 2.45) is 10.4 Å². The SMILES string of the molecule is Cc1cc(-c2cnc3[nH]cc(-c4ccc(C(=O)N(C)C)cc4)c3n2)cc2c1CCN(CCC1=NCC(C)(C)C1)C2. The smallest absolute Gasteiger partial charge is 0.253 e. The van der Waals surface area contributed by atoms with Crippen LogP contribution in [0.15, 0.2) is 53.8 Å². The molecule has 2 aliphatic rings. The van der Waals surface area contributed by atoms with Crippen LogP contribution in [-0.4, -0.2) is 70.1 Å². The second kappa shape index (κ2) is 10.3. The van der Waals surface area contributed by atoms with Crippen LogP contribution in [0.3, 0.4) is 0 Å². The minimum absolute atomic E-state index is 0.00913. The number of aromatic amines is 1. The van der Waals surface area contributed by atoms with Gasteiger partial charge in [-0.3, -0.25) is 14.7 Å². The fourth-order valence-electron chi connectivity index (χ4n) is 6.06. The molecule has 4 heterocycles. The zero-order chi connectivity index (χ0) is 28.0. The summed E-state index contributed by atoms with van der Waals surface area (Å²) in [7, 11) is 3.53. The lowest BCUT2D eigenvalue weighted by Gasteiger charge is -2.30. The third-order valence-electron chi connectivity index (χ3n) is 8.29. The van der Waals surface area contributed by atoms with E-state index >= 15 is 0 Å². The van der Waals surface area contributed by atoms with Gasteiger partial charge in [0.2, 0.25) is 0 Å². The first-order chi connectivity index (χ1) is 19.2. The number of aromatic nitrogens is 3. The number of aryl methyl sites for hydroxylation is 1. The number of hydrogen-bond acceptors (Lipinski definition) is 5. The molecule has 7 heteroatoms. The molecule has 0 spiro atoms. The van der Waals surface area contributed by atoms with E-state index < -0.39 is 0 Å². The number of amides is 1. The van der Waals surface area contributed by atoms with Gasteiger partial charge in [0.1, 0.15) is 5.52 Å². The summed E-state index contributed by atoms with van der Waals surface area (Å²) in [4.78, 5) is 34.3. The number of aliphatic imine (C=N–C) groups is 1. The van der Waals surface area contributed by atoms with Gasteiger partial charge in [0, 0.05) is 68.9 Å². The van der Waals surface area contributed by atoms with E-state index in [1.807, 2.05) is 36.7 Å². The maximum absolute atomic E-state index is 12.3. The van der Waals surface area contributed by atoms with Crippen molar-refractivity contribution in [2.45, 2.75) is 46.6 Å². The molecule has 1 N–H and O–H groups in total. The van der Waals surface area contributed by atoms with Gasteiger partial charge in [-0.05, 0) is 78.1 Å². The van der Waals surface area contributed by atoms with E-state index in [0.29, 0.717) is 11.0 Å². The predicted octanol–water partition coefficient (Wildman–Crippen LogP) is 5.92. The Hall–Kier alpha value is -3.84. The molecular weight excluding hydrogens is 496 g/mol. The summed E-state index contributed by atoms with van der Waals surface area (Å²) in [6.45, 7) is 10.9. The molecule has 2 aromatic heterocycles. The number of benzene rings is 2. The third-order valence-corrected chi connectivity index (χ3v) is 8.29. The highest BCUT2D eigenvalue weighted by Gasteiger charge is 2.27. The number of H-pyrrole nitrogens is 1. The van der Waals surface area contributed by atoms with Gasteiger partial charge < -0.3 is 9.88 Å². The second-order valence-electron chi connectivity index (χ2n) is 12.4. The van der Waals surface area contributed by atoms with E-state index in [1.165, 1.54) is 22.4 Å². The largest absolute Gasteiger partial charge is 0.345 e. The van der Waals surface area contributed by atoms with Crippen LogP contribution in [0.25, 0.3) is 33.5 Å². The lowest BCUT2D eigenvalue weighted by Crippen LogP contribution is -2.32. The van der Waals surface area contributed by atoms with E-state index in [1.54, 1.807) is 19.0 Å². The van der Waals surface area contributed by atoms with Crippen molar-refractivity contribution in [2.75, 3.05) is 33.7 Å². The molecule has 4 aromatic rings. The Labute approximate surface area is 236 Å². The Morgan fingerprint density at radius 2 is 1.93 bits per heavy atom. The molecule has 0 bridgehead atoms. The number of hydrogen-bond donors (Lipinski definition) is 1. The number of carbonyl (C=O) groups is 1. The molecule has 2 aromatic carbocycles. The normalized spacial score (nSPS) is 16.7. The first-order valence-corrected chi connectivity index (χ1v) is 14.2. The molecule has 0 radical (unpaired) electrons. The maximum Gasteiger partial charge on any atom is 0.253 e. The highest BCUT2D eigenvalue weighted by molar-refractivity contribution is 5.96. The van der Waals surface area contributed by atoms with E-state index in [4.69, 9.17) is 15.0 Å². The molecule has 0 fully saturated rings. The molecule has 0 saturated carbocycles. The topological polar surface area (TPSA) is 77.5 Å². The zero-order valence-electron chi connectivity index (χ0n) is 24.2. The highest BCUT2D eigenvalue weighted by atomic mass is 16.2. The van der Waals surface area contributed by atoms with Crippen LogP contribution in [0.1, 0.15) is 53.7 Å². The van der Waals surface area contributed by atoms with E-state index in [0.717, 1.165) is 79.0 Å². The Morgan fingerprint density at radius 1 is 1.12 bits per heavy atom. The number of carbonyl (C=O) groups excluding carboxylic acids is 1. The molecule has 0 saturated heterocycles. The molecule has 40 heavy (non-hydrogen) atoms. The van der Waals surface area contributed by atoms with Crippen molar-refractivity contribution in [1.82, 2.24) is 24.8 Å². The molecule has 6 rings (SSSR count). The van der Waals surface area contributed by atoms with Crippen molar-refractivity contribution in [3.8, 4) is 22.4 Å². The van der Waals surface area contributed by atoms with Gasteiger partial charge in [-0.15, -0.1) is 0 Å². The fourth-order valence-corrected chi connectivity index (χ4v) is 6.06. The van der Waals surface area contributed by atoms with Crippen molar-refractivity contribution in [1.29, 1.82) is 0 Å². The van der Waals surface area contributed by atoms with Crippen molar-refractivity contribution >= 4 is 22.8 Å². The standard InChI is InChI=1S/C33H38N6O/c1-21-14-24(15-25-19-39(13-11-27(21)25)12-10-26-16-33(2,3)20-36-26)29-18-35-31-30(37-29)28(17-34-31)22-6-8-23(9-7-22)32(40)38(4)5/h6-9,14-15,17-18H,10-13,16,19-20H2,1-5H3,(H,34,35). The fraction of sp³-hybridized carbons (Fsp3) is 0.394. The summed E-state index contributed by atoms with van der Waals surface area (Å²) >= 11 is 0. The van der Waals surface area contributed by atoms with Crippen molar-refractivity contribution in [3.63, 3.8) is 0 Å². The van der Waals surface area contributed by atoms with Gasteiger partial charge in [0.05, 0.1) is 11.9 Å². The molecular formula is C33H38N6O. The number of nitrogens with one attached hydrogen (secondary N) is 1. The molecule has 206 valence electrons. The van der Waals surface area contributed by atoms with Gasteiger partial charge >= 0.3 is 0 Å². The highest BCUT2D eigenvalue weighted by Crippen LogP contribution is 2.32. The van der Waals surface area contributed by atoms with Crippen LogP contribution in [-0.2, 0) is 13.0 Å². The van der Waals surface area contributed by atoms with Gasteiger partial charge in [-0.2, -0.15) is 0 Å². The third kappa shape index (κ3) is 5.18. The molecule has 0 atom stereocenters. The quantitative estimate of drug-likeness (QED) is 0.333.